The van der Waals surface area contributed by atoms with Crippen LogP contribution in [0.25, 0.3) is 33.1 Å². The van der Waals surface area contributed by atoms with Crippen molar-refractivity contribution in [2.75, 3.05) is 29.3 Å². The maximum absolute atomic E-state index is 16.4. The van der Waals surface area contributed by atoms with Gasteiger partial charge in [-0.25, -0.2) is 18.2 Å². The number of imidazole rings is 1. The second kappa shape index (κ2) is 19.8. The number of carbonyl (C=O) groups excluding carboxylic acids is 2. The number of rotatable bonds is 15. The number of fused-ring (bicyclic) bond motifs is 2. The molecule has 2 amide bonds. The van der Waals surface area contributed by atoms with Crippen LogP contribution in [0.15, 0.2) is 156 Å². The number of pyridine rings is 1. The topological polar surface area (TPSA) is 166 Å². The number of alkyl halides is 2. The zero-order valence-corrected chi connectivity index (χ0v) is 41.1. The second-order valence-corrected chi connectivity index (χ2v) is 20.3. The van der Waals surface area contributed by atoms with Crippen molar-refractivity contribution in [3.8, 4) is 23.2 Å². The van der Waals surface area contributed by atoms with E-state index in [0.717, 1.165) is 16.7 Å². The first-order chi connectivity index (χ1) is 36.2. The maximum atomic E-state index is 16.4. The van der Waals surface area contributed by atoms with Crippen molar-refractivity contribution >= 4 is 60.8 Å². The van der Waals surface area contributed by atoms with Gasteiger partial charge in [-0.15, -0.1) is 0 Å². The van der Waals surface area contributed by atoms with Gasteiger partial charge in [-0.2, -0.15) is 22.2 Å². The predicted octanol–water partition coefficient (Wildman–Crippen LogP) is 8.69. The van der Waals surface area contributed by atoms with Crippen LogP contribution in [-0.2, 0) is 46.7 Å². The van der Waals surface area contributed by atoms with Crippen molar-refractivity contribution in [1.82, 2.24) is 23.7 Å². The minimum atomic E-state index is -4.39. The fourth-order valence-corrected chi connectivity index (χ4v) is 11.0. The molecule has 4 heterocycles. The fourth-order valence-electron chi connectivity index (χ4n) is 9.81. The van der Waals surface area contributed by atoms with Gasteiger partial charge in [0.05, 0.1) is 17.6 Å². The summed E-state index contributed by atoms with van der Waals surface area (Å²) in [5.41, 5.74) is 3.38. The highest BCUT2D eigenvalue weighted by atomic mass is 32.2. The molecular formula is C56H48F3N7O8S. The molecule has 6 aromatic carbocycles. The van der Waals surface area contributed by atoms with E-state index in [1.807, 2.05) is 71.5 Å². The second-order valence-electron chi connectivity index (χ2n) is 18.8. The number of nitrogens with one attached hydrogen (secondary N) is 2. The summed E-state index contributed by atoms with van der Waals surface area (Å²) < 4.78 is 98.3. The minimum absolute atomic E-state index is 0.0255. The maximum Gasteiger partial charge on any atom is 0.333 e. The van der Waals surface area contributed by atoms with E-state index >= 15 is 13.2 Å². The highest BCUT2D eigenvalue weighted by molar-refractivity contribution is 7.92. The van der Waals surface area contributed by atoms with Crippen molar-refractivity contribution < 1.29 is 45.4 Å². The van der Waals surface area contributed by atoms with E-state index in [0.29, 0.717) is 50.8 Å². The Bertz CT molecular complexity index is 3720. The van der Waals surface area contributed by atoms with E-state index in [9.17, 15) is 22.8 Å². The van der Waals surface area contributed by atoms with Gasteiger partial charge in [-0.1, -0.05) is 103 Å². The average Bonchev–Trinajstić information content (AvgIpc) is 3.82. The van der Waals surface area contributed by atoms with Gasteiger partial charge < -0.3 is 19.5 Å². The number of aryl methyl sites for hydroxylation is 1. The molecule has 2 aliphatic heterocycles. The van der Waals surface area contributed by atoms with Gasteiger partial charge in [0.15, 0.2) is 5.82 Å². The normalized spacial score (nSPS) is 18.1. The van der Waals surface area contributed by atoms with E-state index < -0.39 is 58.2 Å². The molecule has 3 aliphatic rings. The molecule has 0 unspecified atom stereocenters. The lowest BCUT2D eigenvalue weighted by Crippen LogP contribution is -2.53. The number of aromatic nitrogens is 3. The number of anilines is 2. The largest absolute Gasteiger partial charge is 0.487 e. The lowest BCUT2D eigenvalue weighted by Gasteiger charge is -2.45. The Labute approximate surface area is 428 Å². The van der Waals surface area contributed by atoms with Crippen molar-refractivity contribution in [2.45, 2.75) is 44.6 Å². The summed E-state index contributed by atoms with van der Waals surface area (Å²) in [5, 5.41) is 3.19. The number of ether oxygens (including phenoxy) is 3. The molecular weight excluding hydrogens is 988 g/mol. The first kappa shape index (κ1) is 48.8. The number of carbonyl (C=O) groups is 2. The minimum Gasteiger partial charge on any atom is -0.487 e. The highest BCUT2D eigenvalue weighted by Gasteiger charge is 2.46. The zero-order chi connectivity index (χ0) is 52.0. The summed E-state index contributed by atoms with van der Waals surface area (Å²) in [6, 6.07) is 41.9. The van der Waals surface area contributed by atoms with Crippen LogP contribution in [0, 0.1) is 11.7 Å². The van der Waals surface area contributed by atoms with Gasteiger partial charge in [0.1, 0.15) is 43.5 Å². The number of benzene rings is 6. The third kappa shape index (κ3) is 9.79. The van der Waals surface area contributed by atoms with Gasteiger partial charge in [-0.3, -0.25) is 23.6 Å². The Morgan fingerprint density at radius 3 is 2.08 bits per heavy atom. The van der Waals surface area contributed by atoms with Crippen molar-refractivity contribution in [1.29, 1.82) is 0 Å². The molecule has 0 atom stereocenters. The molecule has 75 heavy (non-hydrogen) atoms. The molecule has 2 N–H and O–H groups in total. The summed E-state index contributed by atoms with van der Waals surface area (Å²) in [6.07, 6.45) is 2.17. The Balaban J connectivity index is 0.780. The van der Waals surface area contributed by atoms with Crippen molar-refractivity contribution in [3.63, 3.8) is 0 Å². The van der Waals surface area contributed by atoms with Crippen LogP contribution in [0.1, 0.15) is 35.1 Å². The number of nitrogens with zero attached hydrogens (tertiary/aromatic N) is 5. The quantitative estimate of drug-likeness (QED) is 0.101. The molecule has 1 saturated heterocycles. The van der Waals surface area contributed by atoms with E-state index in [-0.39, 0.29) is 66.5 Å². The van der Waals surface area contributed by atoms with Crippen molar-refractivity contribution in [3.05, 3.63) is 190 Å². The van der Waals surface area contributed by atoms with E-state index in [2.05, 4.69) is 10.3 Å². The number of hydrogen-bond donors (Lipinski definition) is 2. The van der Waals surface area contributed by atoms with Crippen LogP contribution in [0.3, 0.4) is 0 Å². The molecule has 0 bridgehead atoms. The first-order valence-electron chi connectivity index (χ1n) is 24.2. The van der Waals surface area contributed by atoms with Crippen LogP contribution in [0.4, 0.5) is 24.5 Å². The monoisotopic (exact) mass is 1040 g/mol. The predicted molar refractivity (Wildman–Crippen MR) is 277 cm³/mol. The summed E-state index contributed by atoms with van der Waals surface area (Å²) in [4.78, 5) is 46.1. The molecule has 11 rings (SSSR count). The first-order valence-corrected chi connectivity index (χ1v) is 25.6. The molecule has 19 heteroatoms. The Morgan fingerprint density at radius 2 is 1.44 bits per heavy atom. The summed E-state index contributed by atoms with van der Waals surface area (Å²) in [5.74, 6) is -5.53. The molecule has 382 valence electrons. The Hall–Kier alpha value is -8.42. The molecule has 8 aromatic rings. The number of hydrogen-bond acceptors (Lipinski definition) is 10. The SMILES string of the molecule is Cn1c(=O)n(-c2ccc(OCc3ccccc3)nc2OCc2ccccc2)c2ccc(C3=CCN(C4CC(C(=O)Nc5ccc6c(F)c(N7CC(=O)NS7(=O)=O)c(OCc7ccccc7)cc6c5)C4)CC3(F)F)cc21. The van der Waals surface area contributed by atoms with Crippen LogP contribution >= 0.6 is 0 Å². The van der Waals surface area contributed by atoms with E-state index in [4.69, 9.17) is 14.2 Å². The van der Waals surface area contributed by atoms with Crippen molar-refractivity contribution in [2.24, 2.45) is 13.0 Å². The third-order valence-corrected chi connectivity index (χ3v) is 15.2. The van der Waals surface area contributed by atoms with Crippen LogP contribution in [-0.4, -0.2) is 70.8 Å². The van der Waals surface area contributed by atoms with Gasteiger partial charge in [0.25, 0.3) is 11.8 Å². The van der Waals surface area contributed by atoms with Gasteiger partial charge in [-0.05, 0) is 82.9 Å². The van der Waals surface area contributed by atoms with E-state index in [1.165, 1.54) is 39.5 Å². The van der Waals surface area contributed by atoms with Gasteiger partial charge in [0, 0.05) is 48.3 Å². The fraction of sp³-hybridized carbons (Fsp3) is 0.214. The average molecular weight is 1040 g/mol. The number of amides is 2. The van der Waals surface area contributed by atoms with E-state index in [1.54, 1.807) is 66.5 Å². The molecule has 1 aliphatic carbocycles. The molecule has 2 aromatic heterocycles. The lowest BCUT2D eigenvalue weighted by atomic mass is 9.77. The standard InChI is InChI=1S/C56H48F3N7O8S/c1-63-47-28-38(17-20-45(47)66(55(63)69)46-21-22-50(73-32-36-13-7-3-8-14-36)61-54(46)74-33-37-15-9-4-10-16-37)44-23-24-64(34-56(44,58)59)42-26-40(27-42)53(68)60-41-18-19-43-39(25-41)29-48(72-31-35-11-5-2-6-12-35)52(51(43)57)65-30-49(67)62-75(65,70)71/h2-23,25,28-29,40,42H,24,26-27,30-34H2,1H3,(H,60,68)(H,62,67). The summed E-state index contributed by atoms with van der Waals surface area (Å²) >= 11 is 0. The Morgan fingerprint density at radius 1 is 0.787 bits per heavy atom. The highest BCUT2D eigenvalue weighted by Crippen LogP contribution is 2.43. The molecule has 0 radical (unpaired) electrons. The molecule has 15 nitrogen and oxygen atoms in total. The van der Waals surface area contributed by atoms with Gasteiger partial charge in [0.2, 0.25) is 17.7 Å². The van der Waals surface area contributed by atoms with Crippen LogP contribution in [0.2, 0.25) is 0 Å². The zero-order valence-electron chi connectivity index (χ0n) is 40.3. The molecule has 1 saturated carbocycles. The number of halogens is 3. The van der Waals surface area contributed by atoms with Crippen LogP contribution < -0.4 is 34.2 Å². The lowest BCUT2D eigenvalue weighted by molar-refractivity contribution is -0.125. The molecule has 0 spiro atoms. The van der Waals surface area contributed by atoms with Gasteiger partial charge >= 0.3 is 15.9 Å². The summed E-state index contributed by atoms with van der Waals surface area (Å²) in [7, 11) is -2.81. The summed E-state index contributed by atoms with van der Waals surface area (Å²) in [6.45, 7) is -0.605. The Kier molecular flexibility index (Phi) is 12.9. The third-order valence-electron chi connectivity index (χ3n) is 13.8. The van der Waals surface area contributed by atoms with Crippen LogP contribution in [0.5, 0.6) is 17.5 Å². The smallest absolute Gasteiger partial charge is 0.333 e. The molecule has 2 fully saturated rings.